The van der Waals surface area contributed by atoms with Gasteiger partial charge in [0.2, 0.25) is 0 Å². The van der Waals surface area contributed by atoms with Gasteiger partial charge in [-0.25, -0.2) is 0 Å². The minimum atomic E-state index is -1.11. The van der Waals surface area contributed by atoms with Crippen molar-refractivity contribution in [2.75, 3.05) is 0 Å². The molecule has 0 saturated heterocycles. The summed E-state index contributed by atoms with van der Waals surface area (Å²) in [6.07, 6.45) is 0. The summed E-state index contributed by atoms with van der Waals surface area (Å²) in [6, 6.07) is 0. The second-order valence-corrected chi connectivity index (χ2v) is 14.0. The second kappa shape index (κ2) is 8.03. The Morgan fingerprint density at radius 1 is 0.667 bits per heavy atom. The van der Waals surface area contributed by atoms with Gasteiger partial charge in [-0.15, -0.1) is 0 Å². The van der Waals surface area contributed by atoms with E-state index in [1.165, 1.54) is 0 Å². The quantitative estimate of drug-likeness (QED) is 0.480. The maximum atomic E-state index is 4.82. The molecule has 1 radical (unpaired) electrons. The van der Waals surface area contributed by atoms with Crippen molar-refractivity contribution in [2.24, 2.45) is 0 Å². The molecule has 0 fully saturated rings. The Labute approximate surface area is 106 Å². The van der Waals surface area contributed by atoms with Gasteiger partial charge in [-0.1, -0.05) is 55.8 Å². The number of halogens is 2. The third kappa shape index (κ3) is 22.6. The maximum absolute atomic E-state index is 4.82. The molecule has 0 saturated carbocycles. The number of nitrogens with zero attached hydrogens (tertiary/aromatic N) is 1. The van der Waals surface area contributed by atoms with E-state index >= 15 is 0 Å². The average molecular weight is 279 g/mol. The molecule has 0 aromatic rings. The molecule has 0 aromatic carbocycles. The molecule has 0 atom stereocenters. The Kier molecular flexibility index (Phi) is 15.7. The first-order chi connectivity index (χ1) is 3.71. The van der Waals surface area contributed by atoms with Gasteiger partial charge in [-0.3, -0.25) is 0 Å². The molecule has 0 aromatic heterocycles. The zero-order chi connectivity index (χ0) is 7.71. The standard InChI is InChI=1S/C6H18NSi2.2ClH.Ti/c1-8(2,3)7-9(4,5)6;;;/h1-6H3;2*1H;/q-1;;;+3/p-2. The van der Waals surface area contributed by atoms with Gasteiger partial charge in [0, 0.05) is 0 Å². The number of rotatable bonds is 2. The van der Waals surface area contributed by atoms with Crippen LogP contribution < -0.4 is 24.8 Å². The van der Waals surface area contributed by atoms with Gasteiger partial charge in [-0.2, -0.15) is 0 Å². The van der Waals surface area contributed by atoms with E-state index in [2.05, 4.69) is 39.3 Å². The molecule has 0 unspecified atom stereocenters. The van der Waals surface area contributed by atoms with Crippen molar-refractivity contribution in [1.29, 1.82) is 0 Å². The van der Waals surface area contributed by atoms with E-state index in [4.69, 9.17) is 4.65 Å². The Morgan fingerprint density at radius 2 is 0.833 bits per heavy atom. The fourth-order valence-electron chi connectivity index (χ4n) is 1.01. The molecule has 0 aliphatic heterocycles. The van der Waals surface area contributed by atoms with Gasteiger partial charge in [0.1, 0.15) is 0 Å². The summed E-state index contributed by atoms with van der Waals surface area (Å²) >= 11 is 0. The Morgan fingerprint density at radius 3 is 0.833 bits per heavy atom. The molecule has 12 heavy (non-hydrogen) atoms. The van der Waals surface area contributed by atoms with Gasteiger partial charge in [0.15, 0.2) is 0 Å². The fourth-order valence-corrected chi connectivity index (χ4v) is 9.06. The van der Waals surface area contributed by atoms with Crippen LogP contribution in [0.1, 0.15) is 0 Å². The molecule has 6 heteroatoms. The van der Waals surface area contributed by atoms with Crippen LogP contribution in [0.2, 0.25) is 39.3 Å². The largest absolute Gasteiger partial charge is 3.00 e. The first-order valence-corrected chi connectivity index (χ1v) is 10.3. The number of hydrogen-bond donors (Lipinski definition) is 0. The summed E-state index contributed by atoms with van der Waals surface area (Å²) in [5, 5.41) is 0. The maximum Gasteiger partial charge on any atom is 3.00 e. The molecule has 1 nitrogen and oxygen atoms in total. The third-order valence-electron chi connectivity index (χ3n) is 0.671. The normalized spacial score (nSPS) is 10.5. The Bertz CT molecular complexity index is 88.7. The van der Waals surface area contributed by atoms with E-state index in [1.807, 2.05) is 0 Å². The molecule has 0 spiro atoms. The SMILES string of the molecule is C[Si](C)(C)[N-][Si](C)(C)C.[Cl-].[Cl-].[Ti+3]. The minimum absolute atomic E-state index is 0. The molecule has 0 aliphatic carbocycles. The van der Waals surface area contributed by atoms with E-state index in [0.717, 1.165) is 0 Å². The average Bonchev–Trinajstić information content (AvgIpc) is 1.14. The second-order valence-electron chi connectivity index (χ2n) is 4.45. The van der Waals surface area contributed by atoms with Crippen LogP contribution in [-0.2, 0) is 21.7 Å². The third-order valence-corrected chi connectivity index (χ3v) is 6.04. The van der Waals surface area contributed by atoms with Crippen molar-refractivity contribution in [3.63, 3.8) is 0 Å². The molecule has 0 N–H and O–H groups in total. The van der Waals surface area contributed by atoms with Crippen molar-refractivity contribution in [3.05, 3.63) is 4.65 Å². The van der Waals surface area contributed by atoms with Crippen LogP contribution in [0, 0.1) is 0 Å². The molecule has 0 amide bonds. The van der Waals surface area contributed by atoms with E-state index in [0.29, 0.717) is 0 Å². The monoisotopic (exact) mass is 278 g/mol. The van der Waals surface area contributed by atoms with Crippen molar-refractivity contribution < 1.29 is 46.5 Å². The fraction of sp³-hybridized carbons (Fsp3) is 1.00. The summed E-state index contributed by atoms with van der Waals surface area (Å²) in [7, 11) is -2.21. The van der Waals surface area contributed by atoms with Gasteiger partial charge in [0.05, 0.1) is 0 Å². The zero-order valence-electron chi connectivity index (χ0n) is 8.70. The van der Waals surface area contributed by atoms with E-state index in [-0.39, 0.29) is 46.5 Å². The predicted molar refractivity (Wildman–Crippen MR) is 50.1 cm³/mol. The van der Waals surface area contributed by atoms with Gasteiger partial charge in [0.25, 0.3) is 0 Å². The Balaban J connectivity index is -0.000000107. The van der Waals surface area contributed by atoms with Crippen LogP contribution in [0.25, 0.3) is 4.65 Å². The van der Waals surface area contributed by atoms with E-state index in [1.54, 1.807) is 0 Å². The van der Waals surface area contributed by atoms with E-state index < -0.39 is 16.5 Å². The van der Waals surface area contributed by atoms with Crippen molar-refractivity contribution in [1.82, 2.24) is 0 Å². The summed E-state index contributed by atoms with van der Waals surface area (Å²) < 4.78 is 4.82. The van der Waals surface area contributed by atoms with Gasteiger partial charge < -0.3 is 29.5 Å². The molecular formula is C6H18Cl2NSi2Ti. The minimum Gasteiger partial charge on any atom is -1.00 e. The molecule has 0 bridgehead atoms. The predicted octanol–water partition coefficient (Wildman–Crippen LogP) is -2.96. The summed E-state index contributed by atoms with van der Waals surface area (Å²) in [5.41, 5.74) is 0. The first-order valence-electron chi connectivity index (χ1n) is 3.45. The van der Waals surface area contributed by atoms with Gasteiger partial charge in [-0.05, 0) is 0 Å². The summed E-state index contributed by atoms with van der Waals surface area (Å²) in [4.78, 5) is 0. The van der Waals surface area contributed by atoms with Crippen LogP contribution in [0.15, 0.2) is 0 Å². The van der Waals surface area contributed by atoms with Crippen LogP contribution in [0.3, 0.4) is 0 Å². The smallest absolute Gasteiger partial charge is 1.00 e. The summed E-state index contributed by atoms with van der Waals surface area (Å²) in [6.45, 7) is 13.8. The zero-order valence-corrected chi connectivity index (χ0v) is 13.8. The van der Waals surface area contributed by atoms with Gasteiger partial charge >= 0.3 is 21.7 Å². The molecule has 0 aliphatic rings. The van der Waals surface area contributed by atoms with Crippen LogP contribution in [0.4, 0.5) is 0 Å². The molecular weight excluding hydrogens is 261 g/mol. The van der Waals surface area contributed by atoms with Crippen molar-refractivity contribution in [2.45, 2.75) is 39.3 Å². The topological polar surface area (TPSA) is 14.1 Å². The molecule has 0 rings (SSSR count). The van der Waals surface area contributed by atoms with Crippen LogP contribution >= 0.6 is 0 Å². The number of hydrogen-bond acceptors (Lipinski definition) is 0. The van der Waals surface area contributed by atoms with E-state index in [9.17, 15) is 0 Å². The van der Waals surface area contributed by atoms with Crippen molar-refractivity contribution >= 4 is 16.5 Å². The molecule has 0 heterocycles. The molecule has 73 valence electrons. The Hall–Kier alpha value is 1.69. The van der Waals surface area contributed by atoms with Crippen LogP contribution in [0.5, 0.6) is 0 Å². The van der Waals surface area contributed by atoms with Crippen LogP contribution in [-0.4, -0.2) is 16.5 Å². The summed E-state index contributed by atoms with van der Waals surface area (Å²) in [5.74, 6) is 0. The van der Waals surface area contributed by atoms with Crippen molar-refractivity contribution in [3.8, 4) is 0 Å². The first kappa shape index (κ1) is 23.5.